The van der Waals surface area contributed by atoms with E-state index < -0.39 is 9.84 Å². The Kier molecular flexibility index (Phi) is 9.97. The van der Waals surface area contributed by atoms with Crippen molar-refractivity contribution in [3.05, 3.63) is 64.8 Å². The van der Waals surface area contributed by atoms with Crippen molar-refractivity contribution in [2.24, 2.45) is 0 Å². The second kappa shape index (κ2) is 11.4. The van der Waals surface area contributed by atoms with Crippen molar-refractivity contribution in [1.82, 2.24) is 0 Å². The molecule has 1 aromatic rings. The number of alkyl halides is 1. The smallest absolute Gasteiger partial charge is 0.182 e. The van der Waals surface area contributed by atoms with E-state index in [-0.39, 0.29) is 5.75 Å². The van der Waals surface area contributed by atoms with Crippen LogP contribution in [0.2, 0.25) is 0 Å². The summed E-state index contributed by atoms with van der Waals surface area (Å²) >= 11 is 5.87. The normalized spacial score (nSPS) is 13.0. The average Bonchev–Trinajstić information content (AvgIpc) is 2.54. The maximum absolute atomic E-state index is 12.6. The number of allylic oxidation sites excluding steroid dienone is 5. The first-order chi connectivity index (χ1) is 12.2. The average molecular weight is 395 g/mol. The van der Waals surface area contributed by atoms with Gasteiger partial charge in [0.2, 0.25) is 0 Å². The lowest BCUT2D eigenvalue weighted by Gasteiger charge is -2.08. The second-order valence-corrected chi connectivity index (χ2v) is 9.35. The fourth-order valence-electron chi connectivity index (χ4n) is 2.54. The van der Waals surface area contributed by atoms with E-state index in [1.54, 1.807) is 12.1 Å². The van der Waals surface area contributed by atoms with E-state index in [0.717, 1.165) is 30.4 Å². The fraction of sp³-hybridized carbons (Fsp3) is 0.455. The van der Waals surface area contributed by atoms with Crippen LogP contribution in [0.5, 0.6) is 0 Å². The van der Waals surface area contributed by atoms with Crippen LogP contribution in [0.25, 0.3) is 0 Å². The van der Waals surface area contributed by atoms with Crippen LogP contribution >= 0.6 is 11.6 Å². The van der Waals surface area contributed by atoms with E-state index in [9.17, 15) is 8.42 Å². The van der Waals surface area contributed by atoms with Crippen LogP contribution in [0.15, 0.2) is 64.1 Å². The number of hydrogen-bond donors (Lipinski definition) is 0. The first-order valence-corrected chi connectivity index (χ1v) is 11.3. The summed E-state index contributed by atoms with van der Waals surface area (Å²) in [6.45, 7) is 8.28. The van der Waals surface area contributed by atoms with Gasteiger partial charge in [-0.3, -0.25) is 0 Å². The van der Waals surface area contributed by atoms with E-state index in [0.29, 0.717) is 17.2 Å². The standard InChI is InChI=1S/C22H31ClO2S/c1-18(2)7-5-8-19(3)9-6-10-21(15-16-23)17-26(24,25)22-13-11-20(4)12-14-22/h7,9-14H,5-6,8,15-17H2,1-4H3/b19-9-,21-10-. The molecule has 2 nitrogen and oxygen atoms in total. The topological polar surface area (TPSA) is 34.1 Å². The molecule has 0 N–H and O–H groups in total. The van der Waals surface area contributed by atoms with Crippen LogP contribution in [0.4, 0.5) is 0 Å². The molecule has 0 aromatic heterocycles. The van der Waals surface area contributed by atoms with Crippen molar-refractivity contribution in [3.63, 3.8) is 0 Å². The summed E-state index contributed by atoms with van der Waals surface area (Å²) in [6, 6.07) is 7.01. The Morgan fingerprint density at radius 1 is 1.00 bits per heavy atom. The Balaban J connectivity index is 2.76. The lowest BCUT2D eigenvalue weighted by atomic mass is 10.1. The number of aryl methyl sites for hydroxylation is 1. The predicted molar refractivity (Wildman–Crippen MR) is 114 cm³/mol. The van der Waals surface area contributed by atoms with Gasteiger partial charge in [-0.15, -0.1) is 11.6 Å². The SMILES string of the molecule is CC(C)=CCC/C(C)=C\C/C=C(/CCCl)CS(=O)(=O)c1ccc(C)cc1. The molecule has 0 aliphatic heterocycles. The van der Waals surface area contributed by atoms with Crippen LogP contribution < -0.4 is 0 Å². The number of hydrogen-bond acceptors (Lipinski definition) is 2. The van der Waals surface area contributed by atoms with Crippen molar-refractivity contribution >= 4 is 21.4 Å². The molecule has 0 saturated carbocycles. The number of halogens is 1. The highest BCUT2D eigenvalue weighted by atomic mass is 35.5. The van der Waals surface area contributed by atoms with E-state index in [1.807, 2.05) is 25.1 Å². The highest BCUT2D eigenvalue weighted by Crippen LogP contribution is 2.18. The van der Waals surface area contributed by atoms with Gasteiger partial charge in [-0.25, -0.2) is 8.42 Å². The molecule has 0 radical (unpaired) electrons. The molecule has 0 aliphatic rings. The van der Waals surface area contributed by atoms with Crippen LogP contribution in [0, 0.1) is 6.92 Å². The molecule has 0 spiro atoms. The summed E-state index contributed by atoms with van der Waals surface area (Å²) in [5, 5.41) is 0. The van der Waals surface area contributed by atoms with Crippen molar-refractivity contribution in [2.45, 2.75) is 58.3 Å². The summed E-state index contributed by atoms with van der Waals surface area (Å²) in [7, 11) is -3.33. The molecule has 0 heterocycles. The molecule has 0 fully saturated rings. The zero-order valence-electron chi connectivity index (χ0n) is 16.4. The maximum Gasteiger partial charge on any atom is 0.182 e. The monoisotopic (exact) mass is 394 g/mol. The van der Waals surface area contributed by atoms with Crippen molar-refractivity contribution in [1.29, 1.82) is 0 Å². The molecule has 1 rings (SSSR count). The van der Waals surface area contributed by atoms with Gasteiger partial charge in [0.05, 0.1) is 10.6 Å². The number of sulfone groups is 1. The van der Waals surface area contributed by atoms with Gasteiger partial charge in [-0.2, -0.15) is 0 Å². The van der Waals surface area contributed by atoms with Gasteiger partial charge in [0.15, 0.2) is 9.84 Å². The van der Waals surface area contributed by atoms with Crippen LogP contribution in [0.3, 0.4) is 0 Å². The van der Waals surface area contributed by atoms with Gasteiger partial charge in [-0.05, 0) is 65.5 Å². The van der Waals surface area contributed by atoms with E-state index in [1.165, 1.54) is 11.1 Å². The van der Waals surface area contributed by atoms with Gasteiger partial charge in [-0.1, -0.05) is 52.6 Å². The van der Waals surface area contributed by atoms with Gasteiger partial charge in [0, 0.05) is 5.88 Å². The third-order valence-corrected chi connectivity index (χ3v) is 6.07. The van der Waals surface area contributed by atoms with Gasteiger partial charge < -0.3 is 0 Å². The van der Waals surface area contributed by atoms with Crippen molar-refractivity contribution in [3.8, 4) is 0 Å². The highest BCUT2D eigenvalue weighted by molar-refractivity contribution is 7.91. The lowest BCUT2D eigenvalue weighted by Crippen LogP contribution is -2.09. The van der Waals surface area contributed by atoms with Gasteiger partial charge in [0.1, 0.15) is 0 Å². The molecule has 0 unspecified atom stereocenters. The van der Waals surface area contributed by atoms with E-state index >= 15 is 0 Å². The molecule has 0 amide bonds. The summed E-state index contributed by atoms with van der Waals surface area (Å²) in [4.78, 5) is 0.372. The predicted octanol–water partition coefficient (Wildman–Crippen LogP) is 6.41. The van der Waals surface area contributed by atoms with Crippen molar-refractivity contribution in [2.75, 3.05) is 11.6 Å². The van der Waals surface area contributed by atoms with Crippen molar-refractivity contribution < 1.29 is 8.42 Å². The maximum atomic E-state index is 12.6. The first kappa shape index (κ1) is 22.7. The molecular weight excluding hydrogens is 364 g/mol. The first-order valence-electron chi connectivity index (χ1n) is 9.07. The largest absolute Gasteiger partial charge is 0.223 e. The Labute approximate surface area is 164 Å². The third-order valence-electron chi connectivity index (χ3n) is 4.14. The summed E-state index contributed by atoms with van der Waals surface area (Å²) in [5.74, 6) is 0.464. The minimum Gasteiger partial charge on any atom is -0.223 e. The van der Waals surface area contributed by atoms with E-state index in [2.05, 4.69) is 32.9 Å². The lowest BCUT2D eigenvalue weighted by molar-refractivity contribution is 0.597. The molecule has 4 heteroatoms. The zero-order chi connectivity index (χ0) is 19.6. The van der Waals surface area contributed by atoms with Crippen LogP contribution in [0.1, 0.15) is 52.0 Å². The molecular formula is C22H31ClO2S. The molecule has 1 aromatic carbocycles. The fourth-order valence-corrected chi connectivity index (χ4v) is 4.26. The molecule has 0 aliphatic carbocycles. The number of rotatable bonds is 10. The van der Waals surface area contributed by atoms with Crippen LogP contribution in [-0.4, -0.2) is 20.1 Å². The second-order valence-electron chi connectivity index (χ2n) is 6.98. The Morgan fingerprint density at radius 2 is 1.65 bits per heavy atom. The molecule has 0 saturated heterocycles. The molecule has 26 heavy (non-hydrogen) atoms. The Morgan fingerprint density at radius 3 is 2.23 bits per heavy atom. The van der Waals surface area contributed by atoms with E-state index in [4.69, 9.17) is 11.6 Å². The zero-order valence-corrected chi connectivity index (χ0v) is 18.0. The molecule has 0 bridgehead atoms. The Bertz CT molecular complexity index is 750. The summed E-state index contributed by atoms with van der Waals surface area (Å²) < 4.78 is 25.3. The summed E-state index contributed by atoms with van der Waals surface area (Å²) in [6.07, 6.45) is 9.84. The number of benzene rings is 1. The molecule has 0 atom stereocenters. The minimum absolute atomic E-state index is 0.0352. The van der Waals surface area contributed by atoms with Gasteiger partial charge in [0.25, 0.3) is 0 Å². The third kappa shape index (κ3) is 8.86. The highest BCUT2D eigenvalue weighted by Gasteiger charge is 2.16. The minimum atomic E-state index is -3.33. The van der Waals surface area contributed by atoms with Gasteiger partial charge >= 0.3 is 0 Å². The Hall–Kier alpha value is -1.32. The summed E-state index contributed by atoms with van der Waals surface area (Å²) in [5.41, 5.74) is 4.59. The quantitative estimate of drug-likeness (QED) is 0.339. The van der Waals surface area contributed by atoms with Crippen LogP contribution in [-0.2, 0) is 9.84 Å². The molecule has 144 valence electrons.